The van der Waals surface area contributed by atoms with Crippen LogP contribution < -0.4 is 5.32 Å². The third kappa shape index (κ3) is 5.78. The predicted octanol–water partition coefficient (Wildman–Crippen LogP) is 4.95. The Hall–Kier alpha value is -0.553. The van der Waals surface area contributed by atoms with E-state index in [2.05, 4.69) is 46.1 Å². The van der Waals surface area contributed by atoms with Crippen LogP contribution in [0.1, 0.15) is 61.3 Å². The molecule has 0 aromatic heterocycles. The Morgan fingerprint density at radius 3 is 2.13 bits per heavy atom. The lowest BCUT2D eigenvalue weighted by molar-refractivity contribution is 0.0422. The van der Waals surface area contributed by atoms with Crippen LogP contribution in [-0.2, 0) is 9.16 Å². The molecule has 5 heteroatoms. The molecule has 0 heterocycles. The molecular weight excluding hydrogens is 306 g/mol. The van der Waals surface area contributed by atoms with Crippen molar-refractivity contribution >= 4 is 14.4 Å². The van der Waals surface area contributed by atoms with Crippen molar-refractivity contribution in [3.63, 3.8) is 0 Å². The van der Waals surface area contributed by atoms with Gasteiger partial charge in [-0.3, -0.25) is 0 Å². The number of amides is 1. The van der Waals surface area contributed by atoms with Gasteiger partial charge in [-0.2, -0.15) is 0 Å². The van der Waals surface area contributed by atoms with E-state index in [-0.39, 0.29) is 17.2 Å². The van der Waals surface area contributed by atoms with Crippen LogP contribution in [0.2, 0.25) is 18.1 Å². The molecule has 0 aliphatic heterocycles. The summed E-state index contributed by atoms with van der Waals surface area (Å²) >= 11 is 0. The van der Waals surface area contributed by atoms with Crippen LogP contribution >= 0.6 is 0 Å². The first-order valence-electron chi connectivity index (χ1n) is 8.88. The monoisotopic (exact) mass is 343 g/mol. The lowest BCUT2D eigenvalue weighted by Crippen LogP contribution is -2.50. The number of alkyl carbamates (subject to hydrolysis) is 1. The first-order chi connectivity index (χ1) is 10.2. The fourth-order valence-electron chi connectivity index (χ4n) is 2.67. The van der Waals surface area contributed by atoms with Crippen LogP contribution in [0.3, 0.4) is 0 Å². The zero-order valence-corrected chi connectivity index (χ0v) is 17.6. The predicted molar refractivity (Wildman–Crippen MR) is 98.2 cm³/mol. The maximum atomic E-state index is 11.7. The summed E-state index contributed by atoms with van der Waals surface area (Å²) in [6, 6.07) is 0.237. The number of hydrogen-bond donors (Lipinski definition) is 1. The molecule has 0 radical (unpaired) electrons. The highest BCUT2D eigenvalue weighted by Crippen LogP contribution is 2.45. The first kappa shape index (κ1) is 20.5. The average Bonchev–Trinajstić information content (AvgIpc) is 2.28. The fraction of sp³-hybridized carbons (Fsp3) is 0.944. The topological polar surface area (TPSA) is 47.6 Å². The molecule has 0 unspecified atom stereocenters. The van der Waals surface area contributed by atoms with Crippen LogP contribution in [0.4, 0.5) is 4.79 Å². The molecule has 0 spiro atoms. The van der Waals surface area contributed by atoms with Gasteiger partial charge in [0, 0.05) is 12.6 Å². The van der Waals surface area contributed by atoms with Crippen molar-refractivity contribution in [2.75, 3.05) is 6.61 Å². The van der Waals surface area contributed by atoms with E-state index >= 15 is 0 Å². The van der Waals surface area contributed by atoms with Gasteiger partial charge in [-0.25, -0.2) is 4.79 Å². The molecule has 1 N–H and O–H groups in total. The molecule has 1 aliphatic carbocycles. The van der Waals surface area contributed by atoms with Gasteiger partial charge < -0.3 is 14.5 Å². The average molecular weight is 344 g/mol. The molecule has 4 nitrogen and oxygen atoms in total. The summed E-state index contributed by atoms with van der Waals surface area (Å²) in [6.45, 7) is 20.3. The Morgan fingerprint density at radius 1 is 1.17 bits per heavy atom. The van der Waals surface area contributed by atoms with Gasteiger partial charge in [0.25, 0.3) is 0 Å². The number of carbonyl (C=O) groups excluding carboxylic acids is 1. The van der Waals surface area contributed by atoms with E-state index in [0.29, 0.717) is 11.8 Å². The lowest BCUT2D eigenvalue weighted by atomic mass is 9.81. The van der Waals surface area contributed by atoms with Crippen molar-refractivity contribution in [2.24, 2.45) is 11.8 Å². The number of ether oxygens (including phenoxy) is 1. The normalized spacial score (nSPS) is 22.7. The molecule has 1 amide bonds. The van der Waals surface area contributed by atoms with Crippen LogP contribution in [0.5, 0.6) is 0 Å². The van der Waals surface area contributed by atoms with Crippen molar-refractivity contribution in [1.82, 2.24) is 5.32 Å². The van der Waals surface area contributed by atoms with Gasteiger partial charge in [0.15, 0.2) is 8.32 Å². The van der Waals surface area contributed by atoms with Crippen molar-refractivity contribution in [1.29, 1.82) is 0 Å². The van der Waals surface area contributed by atoms with Crippen LogP contribution in [0, 0.1) is 11.8 Å². The van der Waals surface area contributed by atoms with E-state index < -0.39 is 13.9 Å². The van der Waals surface area contributed by atoms with E-state index in [1.807, 2.05) is 20.8 Å². The van der Waals surface area contributed by atoms with Crippen molar-refractivity contribution in [3.8, 4) is 0 Å². The summed E-state index contributed by atoms with van der Waals surface area (Å²) in [5, 5.41) is 3.20. The minimum Gasteiger partial charge on any atom is -0.444 e. The second-order valence-electron chi connectivity index (χ2n) is 9.38. The van der Waals surface area contributed by atoms with Gasteiger partial charge in [0.1, 0.15) is 5.60 Å². The first-order valence-corrected chi connectivity index (χ1v) is 11.8. The molecule has 136 valence electrons. The molecule has 23 heavy (non-hydrogen) atoms. The molecular formula is C18H37NO3Si. The van der Waals surface area contributed by atoms with Crippen molar-refractivity contribution in [3.05, 3.63) is 0 Å². The molecule has 0 bridgehead atoms. The third-order valence-corrected chi connectivity index (χ3v) is 10.2. The molecule has 0 saturated heterocycles. The minimum absolute atomic E-state index is 0.237. The second kappa shape index (κ2) is 7.14. The van der Waals surface area contributed by atoms with Gasteiger partial charge in [-0.15, -0.1) is 0 Å². The summed E-state index contributed by atoms with van der Waals surface area (Å²) in [7, 11) is -1.74. The number of nitrogens with one attached hydrogen (secondary N) is 1. The molecule has 0 aromatic carbocycles. The number of carbonyl (C=O) groups is 1. The van der Waals surface area contributed by atoms with Gasteiger partial charge in [-0.05, 0) is 63.6 Å². The molecule has 1 aliphatic rings. The standard InChI is InChI=1S/C18H37NO3Si/c1-13(2)18(6,7)23(8,9)21-12-14-10-15(11-14)19-16(20)22-17(3,4)5/h13-15H,10-12H2,1-9H3,(H,19,20). The van der Waals surface area contributed by atoms with Gasteiger partial charge in [0.2, 0.25) is 0 Å². The Balaban J connectivity index is 2.32. The van der Waals surface area contributed by atoms with E-state index in [9.17, 15) is 4.79 Å². The second-order valence-corrected chi connectivity index (χ2v) is 14.0. The summed E-state index contributed by atoms with van der Waals surface area (Å²) < 4.78 is 11.7. The Kier molecular flexibility index (Phi) is 6.36. The van der Waals surface area contributed by atoms with Crippen LogP contribution in [0.25, 0.3) is 0 Å². The number of hydrogen-bond acceptors (Lipinski definition) is 3. The largest absolute Gasteiger partial charge is 0.444 e. The maximum Gasteiger partial charge on any atom is 0.407 e. The van der Waals surface area contributed by atoms with E-state index in [1.165, 1.54) is 0 Å². The number of rotatable bonds is 6. The smallest absolute Gasteiger partial charge is 0.407 e. The fourth-order valence-corrected chi connectivity index (χ4v) is 5.09. The molecule has 0 atom stereocenters. The highest BCUT2D eigenvalue weighted by Gasteiger charge is 2.44. The van der Waals surface area contributed by atoms with Crippen LogP contribution in [-0.4, -0.2) is 32.7 Å². The lowest BCUT2D eigenvalue weighted by Gasteiger charge is -2.44. The summed E-state index contributed by atoms with van der Waals surface area (Å²) in [5.74, 6) is 1.18. The van der Waals surface area contributed by atoms with E-state index in [0.717, 1.165) is 19.4 Å². The van der Waals surface area contributed by atoms with Crippen molar-refractivity contribution < 1.29 is 14.0 Å². The van der Waals surface area contributed by atoms with Gasteiger partial charge >= 0.3 is 6.09 Å². The molecule has 1 saturated carbocycles. The molecule has 1 rings (SSSR count). The van der Waals surface area contributed by atoms with Gasteiger partial charge in [0.05, 0.1) is 0 Å². The van der Waals surface area contributed by atoms with Crippen LogP contribution in [0.15, 0.2) is 0 Å². The Bertz CT molecular complexity index is 407. The third-order valence-electron chi connectivity index (χ3n) is 5.63. The van der Waals surface area contributed by atoms with E-state index in [4.69, 9.17) is 9.16 Å². The van der Waals surface area contributed by atoms with E-state index in [1.54, 1.807) is 0 Å². The molecule has 0 aromatic rings. The zero-order valence-electron chi connectivity index (χ0n) is 16.6. The summed E-state index contributed by atoms with van der Waals surface area (Å²) in [6.07, 6.45) is 1.68. The molecule has 1 fully saturated rings. The summed E-state index contributed by atoms with van der Waals surface area (Å²) in [4.78, 5) is 11.7. The summed E-state index contributed by atoms with van der Waals surface area (Å²) in [5.41, 5.74) is -0.436. The van der Waals surface area contributed by atoms with Crippen molar-refractivity contribution in [2.45, 2.75) is 91.1 Å². The minimum atomic E-state index is -1.74. The zero-order chi connectivity index (χ0) is 18.1. The van der Waals surface area contributed by atoms with Gasteiger partial charge in [-0.1, -0.05) is 27.7 Å². The quantitative estimate of drug-likeness (QED) is 0.694. The maximum absolute atomic E-state index is 11.7. The highest BCUT2D eigenvalue weighted by molar-refractivity contribution is 6.74. The highest BCUT2D eigenvalue weighted by atomic mass is 28.4. The Labute approximate surface area is 143 Å². The Morgan fingerprint density at radius 2 is 1.70 bits per heavy atom. The SMILES string of the molecule is CC(C)C(C)(C)[Si](C)(C)OCC1CC(NC(=O)OC(C)(C)C)C1.